The summed E-state index contributed by atoms with van der Waals surface area (Å²) >= 11 is 0. The molecule has 96 valence electrons. The van der Waals surface area contributed by atoms with Gasteiger partial charge in [-0.2, -0.15) is 0 Å². The molecular weight excluding hydrogens is 224 g/mol. The van der Waals surface area contributed by atoms with Crippen molar-refractivity contribution in [1.82, 2.24) is 9.55 Å². The SMILES string of the molecule is COC(C)c1cccc(-c2nccn2C(C)C)c1. The summed E-state index contributed by atoms with van der Waals surface area (Å²) in [6, 6.07) is 8.79. The quantitative estimate of drug-likeness (QED) is 0.817. The van der Waals surface area contributed by atoms with Crippen LogP contribution in [0, 0.1) is 0 Å². The second kappa shape index (κ2) is 5.36. The normalized spacial score (nSPS) is 12.9. The number of methoxy groups -OCH3 is 1. The third-order valence-corrected chi connectivity index (χ3v) is 3.19. The minimum atomic E-state index is 0.104. The first-order valence-electron chi connectivity index (χ1n) is 6.29. The van der Waals surface area contributed by atoms with E-state index in [1.807, 2.05) is 19.3 Å². The fourth-order valence-corrected chi connectivity index (χ4v) is 2.02. The largest absolute Gasteiger partial charge is 0.377 e. The smallest absolute Gasteiger partial charge is 0.140 e. The van der Waals surface area contributed by atoms with Gasteiger partial charge in [0.1, 0.15) is 5.82 Å². The minimum Gasteiger partial charge on any atom is -0.377 e. The van der Waals surface area contributed by atoms with Crippen molar-refractivity contribution in [1.29, 1.82) is 0 Å². The van der Waals surface area contributed by atoms with E-state index in [2.05, 4.69) is 47.7 Å². The van der Waals surface area contributed by atoms with E-state index in [-0.39, 0.29) is 6.10 Å². The van der Waals surface area contributed by atoms with Gasteiger partial charge in [0.15, 0.2) is 0 Å². The number of ether oxygens (including phenoxy) is 1. The van der Waals surface area contributed by atoms with E-state index in [1.165, 1.54) is 5.56 Å². The lowest BCUT2D eigenvalue weighted by molar-refractivity contribution is 0.119. The van der Waals surface area contributed by atoms with E-state index >= 15 is 0 Å². The van der Waals surface area contributed by atoms with E-state index < -0.39 is 0 Å². The monoisotopic (exact) mass is 244 g/mol. The number of benzene rings is 1. The summed E-state index contributed by atoms with van der Waals surface area (Å²) < 4.78 is 7.54. The molecule has 0 aliphatic carbocycles. The molecule has 0 aliphatic rings. The average molecular weight is 244 g/mol. The molecule has 0 N–H and O–H groups in total. The highest BCUT2D eigenvalue weighted by molar-refractivity contribution is 5.57. The van der Waals surface area contributed by atoms with Gasteiger partial charge in [-0.3, -0.25) is 0 Å². The van der Waals surface area contributed by atoms with Crippen LogP contribution in [0.1, 0.15) is 38.5 Å². The molecule has 0 aliphatic heterocycles. The molecule has 1 aromatic heterocycles. The second-order valence-corrected chi connectivity index (χ2v) is 4.76. The van der Waals surface area contributed by atoms with Gasteiger partial charge in [-0.05, 0) is 32.4 Å². The predicted octanol–water partition coefficient (Wildman–Crippen LogP) is 3.84. The van der Waals surface area contributed by atoms with Crippen LogP contribution >= 0.6 is 0 Å². The lowest BCUT2D eigenvalue weighted by Crippen LogP contribution is -2.02. The van der Waals surface area contributed by atoms with Gasteiger partial charge < -0.3 is 9.30 Å². The summed E-state index contributed by atoms with van der Waals surface area (Å²) in [5.74, 6) is 1.01. The molecule has 18 heavy (non-hydrogen) atoms. The Balaban J connectivity index is 2.42. The Bertz CT molecular complexity index is 517. The summed E-state index contributed by atoms with van der Waals surface area (Å²) in [6.45, 7) is 6.37. The van der Waals surface area contributed by atoms with Gasteiger partial charge in [-0.25, -0.2) is 4.98 Å². The van der Waals surface area contributed by atoms with Crippen molar-refractivity contribution >= 4 is 0 Å². The summed E-state index contributed by atoms with van der Waals surface area (Å²) in [5.41, 5.74) is 2.31. The van der Waals surface area contributed by atoms with Crippen molar-refractivity contribution in [2.75, 3.05) is 7.11 Å². The Kier molecular flexibility index (Phi) is 3.82. The van der Waals surface area contributed by atoms with Crippen LogP contribution in [-0.4, -0.2) is 16.7 Å². The topological polar surface area (TPSA) is 27.1 Å². The van der Waals surface area contributed by atoms with E-state index in [0.717, 1.165) is 11.4 Å². The molecule has 0 saturated carbocycles. The van der Waals surface area contributed by atoms with Crippen LogP contribution in [0.4, 0.5) is 0 Å². The maximum Gasteiger partial charge on any atom is 0.140 e. The van der Waals surface area contributed by atoms with E-state index in [9.17, 15) is 0 Å². The summed E-state index contributed by atoms with van der Waals surface area (Å²) in [4.78, 5) is 4.46. The molecule has 1 aromatic carbocycles. The molecule has 1 atom stereocenters. The molecule has 0 bridgehead atoms. The Labute approximate surface area is 108 Å². The van der Waals surface area contributed by atoms with Crippen LogP contribution in [-0.2, 0) is 4.74 Å². The Morgan fingerprint density at radius 3 is 2.67 bits per heavy atom. The number of aromatic nitrogens is 2. The number of imidazole rings is 1. The molecule has 2 aromatic rings. The van der Waals surface area contributed by atoms with Gasteiger partial charge >= 0.3 is 0 Å². The van der Waals surface area contributed by atoms with Crippen LogP contribution in [0.5, 0.6) is 0 Å². The lowest BCUT2D eigenvalue weighted by Gasteiger charge is -2.14. The molecule has 0 amide bonds. The third kappa shape index (κ3) is 2.46. The minimum absolute atomic E-state index is 0.104. The Morgan fingerprint density at radius 2 is 2.00 bits per heavy atom. The number of hydrogen-bond donors (Lipinski definition) is 0. The van der Waals surface area contributed by atoms with Crippen molar-refractivity contribution in [3.05, 3.63) is 42.2 Å². The fraction of sp³-hybridized carbons (Fsp3) is 0.400. The van der Waals surface area contributed by atoms with Gasteiger partial charge in [0.25, 0.3) is 0 Å². The van der Waals surface area contributed by atoms with Crippen molar-refractivity contribution in [3.8, 4) is 11.4 Å². The van der Waals surface area contributed by atoms with E-state index in [4.69, 9.17) is 4.74 Å². The fourth-order valence-electron chi connectivity index (χ4n) is 2.02. The molecular formula is C15H20N2O. The number of hydrogen-bond acceptors (Lipinski definition) is 2. The lowest BCUT2D eigenvalue weighted by atomic mass is 10.1. The molecule has 2 rings (SSSR count). The summed E-state index contributed by atoms with van der Waals surface area (Å²) in [5, 5.41) is 0. The first-order chi connectivity index (χ1) is 8.63. The molecule has 0 spiro atoms. The zero-order valence-electron chi connectivity index (χ0n) is 11.4. The average Bonchev–Trinajstić information content (AvgIpc) is 2.87. The molecule has 0 radical (unpaired) electrons. The van der Waals surface area contributed by atoms with Gasteiger partial charge in [-0.15, -0.1) is 0 Å². The summed E-state index contributed by atoms with van der Waals surface area (Å²) in [7, 11) is 1.73. The molecule has 1 heterocycles. The van der Waals surface area contributed by atoms with Crippen molar-refractivity contribution in [2.24, 2.45) is 0 Å². The predicted molar refractivity (Wildman–Crippen MR) is 73.5 cm³/mol. The van der Waals surface area contributed by atoms with Crippen molar-refractivity contribution < 1.29 is 4.74 Å². The van der Waals surface area contributed by atoms with Crippen LogP contribution in [0.3, 0.4) is 0 Å². The van der Waals surface area contributed by atoms with Crippen LogP contribution in [0.2, 0.25) is 0 Å². The van der Waals surface area contributed by atoms with E-state index in [1.54, 1.807) is 7.11 Å². The van der Waals surface area contributed by atoms with Gasteiger partial charge in [0, 0.05) is 31.1 Å². The van der Waals surface area contributed by atoms with Gasteiger partial charge in [-0.1, -0.05) is 18.2 Å². The maximum absolute atomic E-state index is 5.36. The highest BCUT2D eigenvalue weighted by Gasteiger charge is 2.10. The van der Waals surface area contributed by atoms with Gasteiger partial charge in [0.2, 0.25) is 0 Å². The molecule has 0 saturated heterocycles. The van der Waals surface area contributed by atoms with Crippen molar-refractivity contribution in [3.63, 3.8) is 0 Å². The number of nitrogens with zero attached hydrogens (tertiary/aromatic N) is 2. The second-order valence-electron chi connectivity index (χ2n) is 4.76. The zero-order chi connectivity index (χ0) is 13.1. The Hall–Kier alpha value is -1.61. The van der Waals surface area contributed by atoms with Crippen LogP contribution < -0.4 is 0 Å². The Morgan fingerprint density at radius 1 is 1.22 bits per heavy atom. The first kappa shape index (κ1) is 12.8. The molecule has 3 nitrogen and oxygen atoms in total. The third-order valence-electron chi connectivity index (χ3n) is 3.19. The highest BCUT2D eigenvalue weighted by atomic mass is 16.5. The molecule has 3 heteroatoms. The first-order valence-corrected chi connectivity index (χ1v) is 6.29. The number of rotatable bonds is 4. The standard InChI is InChI=1S/C15H20N2O/c1-11(2)17-9-8-16-15(17)14-7-5-6-13(10-14)12(3)18-4/h5-12H,1-4H3. The van der Waals surface area contributed by atoms with Crippen LogP contribution in [0.15, 0.2) is 36.7 Å². The highest BCUT2D eigenvalue weighted by Crippen LogP contribution is 2.25. The van der Waals surface area contributed by atoms with Crippen LogP contribution in [0.25, 0.3) is 11.4 Å². The van der Waals surface area contributed by atoms with Gasteiger partial charge in [0.05, 0.1) is 6.10 Å². The van der Waals surface area contributed by atoms with Crippen molar-refractivity contribution in [2.45, 2.75) is 32.9 Å². The van der Waals surface area contributed by atoms with E-state index in [0.29, 0.717) is 6.04 Å². The molecule has 0 fully saturated rings. The summed E-state index contributed by atoms with van der Waals surface area (Å²) in [6.07, 6.45) is 3.97. The molecule has 1 unspecified atom stereocenters. The maximum atomic E-state index is 5.36. The zero-order valence-corrected chi connectivity index (χ0v) is 11.4.